The van der Waals surface area contributed by atoms with E-state index >= 15 is 0 Å². The molecule has 0 spiro atoms. The molecule has 0 fully saturated rings. The van der Waals surface area contributed by atoms with Gasteiger partial charge in [-0.15, -0.1) is 16.4 Å². The van der Waals surface area contributed by atoms with Crippen molar-refractivity contribution in [3.8, 4) is 5.75 Å². The second kappa shape index (κ2) is 8.32. The van der Waals surface area contributed by atoms with Crippen LogP contribution in [0.15, 0.2) is 40.9 Å². The first kappa shape index (κ1) is 18.9. The summed E-state index contributed by atoms with van der Waals surface area (Å²) in [6.07, 6.45) is 0.936. The minimum Gasteiger partial charge on any atom is -0.497 e. The smallest absolute Gasteiger partial charge is 0.236 e. The monoisotopic (exact) mass is 415 g/mol. The SMILES string of the molecule is COc1ccc(Cn2nnnc2SC(C)C(=O)N2CCc3sccc3C2)cc1. The average molecular weight is 416 g/mol. The Morgan fingerprint density at radius 1 is 1.32 bits per heavy atom. The summed E-state index contributed by atoms with van der Waals surface area (Å²) in [5.41, 5.74) is 2.33. The molecule has 7 nitrogen and oxygen atoms in total. The summed E-state index contributed by atoms with van der Waals surface area (Å²) in [5, 5.41) is 14.5. The highest BCUT2D eigenvalue weighted by Crippen LogP contribution is 2.27. The second-order valence-electron chi connectivity index (χ2n) is 6.61. The summed E-state index contributed by atoms with van der Waals surface area (Å²) in [7, 11) is 1.64. The van der Waals surface area contributed by atoms with E-state index in [-0.39, 0.29) is 11.2 Å². The summed E-state index contributed by atoms with van der Waals surface area (Å²) < 4.78 is 6.91. The topological polar surface area (TPSA) is 73.1 Å². The molecule has 1 unspecified atom stereocenters. The summed E-state index contributed by atoms with van der Waals surface area (Å²) in [6.45, 7) is 3.93. The molecular weight excluding hydrogens is 394 g/mol. The van der Waals surface area contributed by atoms with E-state index < -0.39 is 0 Å². The number of rotatable bonds is 6. The number of thioether (sulfide) groups is 1. The molecule has 1 aromatic carbocycles. The van der Waals surface area contributed by atoms with E-state index in [4.69, 9.17) is 4.74 Å². The van der Waals surface area contributed by atoms with E-state index in [1.807, 2.05) is 36.1 Å². The number of nitrogens with zero attached hydrogens (tertiary/aromatic N) is 5. The lowest BCUT2D eigenvalue weighted by Crippen LogP contribution is -2.39. The summed E-state index contributed by atoms with van der Waals surface area (Å²) in [4.78, 5) is 16.2. The Labute approximate surface area is 171 Å². The van der Waals surface area contributed by atoms with Gasteiger partial charge in [0.1, 0.15) is 5.75 Å². The van der Waals surface area contributed by atoms with Crippen LogP contribution in [0.25, 0.3) is 0 Å². The van der Waals surface area contributed by atoms with Gasteiger partial charge in [-0.25, -0.2) is 4.68 Å². The van der Waals surface area contributed by atoms with Gasteiger partial charge in [0, 0.05) is 18.0 Å². The van der Waals surface area contributed by atoms with Gasteiger partial charge in [0.2, 0.25) is 11.1 Å². The number of benzene rings is 1. The van der Waals surface area contributed by atoms with E-state index in [0.717, 1.165) is 24.3 Å². The summed E-state index contributed by atoms with van der Waals surface area (Å²) in [5.74, 6) is 0.936. The zero-order valence-corrected chi connectivity index (χ0v) is 17.4. The second-order valence-corrected chi connectivity index (χ2v) is 8.91. The molecule has 0 saturated heterocycles. The van der Waals surface area contributed by atoms with E-state index in [0.29, 0.717) is 18.2 Å². The normalized spacial score (nSPS) is 14.6. The Morgan fingerprint density at radius 3 is 2.93 bits per heavy atom. The molecule has 9 heteroatoms. The molecule has 3 heterocycles. The van der Waals surface area contributed by atoms with Crippen LogP contribution in [0, 0.1) is 0 Å². The van der Waals surface area contributed by atoms with Crippen LogP contribution in [0.5, 0.6) is 5.75 Å². The van der Waals surface area contributed by atoms with Gasteiger partial charge in [-0.05, 0) is 58.5 Å². The molecule has 1 amide bonds. The van der Waals surface area contributed by atoms with Gasteiger partial charge < -0.3 is 9.64 Å². The third-order valence-electron chi connectivity index (χ3n) is 4.74. The molecule has 0 bridgehead atoms. The van der Waals surface area contributed by atoms with Crippen LogP contribution in [0.3, 0.4) is 0 Å². The molecule has 1 aliphatic rings. The average Bonchev–Trinajstić information content (AvgIpc) is 3.36. The Morgan fingerprint density at radius 2 is 2.14 bits per heavy atom. The molecule has 0 saturated carbocycles. The fourth-order valence-corrected chi connectivity index (χ4v) is 4.95. The first-order valence-electron chi connectivity index (χ1n) is 9.04. The van der Waals surface area contributed by atoms with Crippen molar-refractivity contribution in [3.05, 3.63) is 51.7 Å². The standard InChI is InChI=1S/C19H21N5O2S2/c1-13(18(25)23-9-7-17-15(12-23)8-10-27-17)28-19-20-21-22-24(19)11-14-3-5-16(26-2)6-4-14/h3-6,8,10,13H,7,9,11-12H2,1-2H3. The van der Waals surface area contributed by atoms with Crippen molar-refractivity contribution >= 4 is 29.0 Å². The predicted molar refractivity (Wildman–Crippen MR) is 109 cm³/mol. The van der Waals surface area contributed by atoms with E-state index in [1.54, 1.807) is 23.1 Å². The van der Waals surface area contributed by atoms with Crippen LogP contribution >= 0.6 is 23.1 Å². The van der Waals surface area contributed by atoms with Crippen LogP contribution in [0.1, 0.15) is 22.9 Å². The van der Waals surface area contributed by atoms with Crippen LogP contribution in [-0.4, -0.2) is 49.9 Å². The highest BCUT2D eigenvalue weighted by Gasteiger charge is 2.27. The minimum atomic E-state index is -0.249. The van der Waals surface area contributed by atoms with Gasteiger partial charge in [-0.2, -0.15) is 0 Å². The molecular formula is C19H21N5O2S2. The number of carbonyl (C=O) groups is 1. The maximum absolute atomic E-state index is 12.9. The lowest BCUT2D eigenvalue weighted by molar-refractivity contribution is -0.131. The number of ether oxygens (including phenoxy) is 1. The van der Waals surface area contributed by atoms with Crippen molar-refractivity contribution in [2.75, 3.05) is 13.7 Å². The zero-order chi connectivity index (χ0) is 19.5. The Hall–Kier alpha value is -2.39. The van der Waals surface area contributed by atoms with E-state index in [2.05, 4.69) is 27.0 Å². The van der Waals surface area contributed by atoms with Gasteiger partial charge in [0.25, 0.3) is 0 Å². The van der Waals surface area contributed by atoms with Gasteiger partial charge in [0.15, 0.2) is 0 Å². The summed E-state index contributed by atoms with van der Waals surface area (Å²) in [6, 6.07) is 9.90. The number of methoxy groups -OCH3 is 1. The van der Waals surface area contributed by atoms with Crippen molar-refractivity contribution in [1.82, 2.24) is 25.1 Å². The number of fused-ring (bicyclic) bond motifs is 1. The molecule has 0 aliphatic carbocycles. The van der Waals surface area contributed by atoms with Crippen molar-refractivity contribution in [1.29, 1.82) is 0 Å². The van der Waals surface area contributed by atoms with E-state index in [9.17, 15) is 4.79 Å². The number of thiophene rings is 1. The molecule has 1 atom stereocenters. The molecule has 4 rings (SSSR count). The predicted octanol–water partition coefficient (Wildman–Crippen LogP) is 2.86. The van der Waals surface area contributed by atoms with Crippen LogP contribution in [-0.2, 0) is 24.3 Å². The number of tetrazole rings is 1. The lowest BCUT2D eigenvalue weighted by Gasteiger charge is -2.29. The molecule has 146 valence electrons. The lowest BCUT2D eigenvalue weighted by atomic mass is 10.1. The summed E-state index contributed by atoms with van der Waals surface area (Å²) >= 11 is 3.18. The van der Waals surface area contributed by atoms with Crippen molar-refractivity contribution in [2.24, 2.45) is 0 Å². The number of hydrogen-bond donors (Lipinski definition) is 0. The first-order valence-corrected chi connectivity index (χ1v) is 10.8. The van der Waals surface area contributed by atoms with Crippen molar-refractivity contribution < 1.29 is 9.53 Å². The largest absolute Gasteiger partial charge is 0.497 e. The highest BCUT2D eigenvalue weighted by atomic mass is 32.2. The number of aromatic nitrogens is 4. The molecule has 0 N–H and O–H groups in total. The Balaban J connectivity index is 1.40. The van der Waals surface area contributed by atoms with Crippen LogP contribution < -0.4 is 4.74 Å². The maximum Gasteiger partial charge on any atom is 0.236 e. The third-order valence-corrected chi connectivity index (χ3v) is 6.82. The van der Waals surface area contributed by atoms with Crippen molar-refractivity contribution in [3.63, 3.8) is 0 Å². The quantitative estimate of drug-likeness (QED) is 0.577. The molecule has 28 heavy (non-hydrogen) atoms. The van der Waals surface area contributed by atoms with E-state index in [1.165, 1.54) is 22.2 Å². The Bertz CT molecular complexity index is 953. The number of hydrogen-bond acceptors (Lipinski definition) is 7. The van der Waals surface area contributed by atoms with Crippen LogP contribution in [0.4, 0.5) is 0 Å². The number of carbonyl (C=O) groups excluding carboxylic acids is 1. The Kier molecular flexibility index (Phi) is 5.63. The molecule has 0 radical (unpaired) electrons. The van der Waals surface area contributed by atoms with Gasteiger partial charge in [0.05, 0.1) is 18.9 Å². The van der Waals surface area contributed by atoms with Gasteiger partial charge in [-0.1, -0.05) is 23.9 Å². The van der Waals surface area contributed by atoms with Crippen LogP contribution in [0.2, 0.25) is 0 Å². The van der Waals surface area contributed by atoms with Gasteiger partial charge in [-0.3, -0.25) is 4.79 Å². The fraction of sp³-hybridized carbons (Fsp3) is 0.368. The fourth-order valence-electron chi connectivity index (χ4n) is 3.19. The number of amides is 1. The van der Waals surface area contributed by atoms with Gasteiger partial charge >= 0.3 is 0 Å². The molecule has 2 aromatic heterocycles. The zero-order valence-electron chi connectivity index (χ0n) is 15.7. The third kappa shape index (κ3) is 4.05. The van der Waals surface area contributed by atoms with Crippen molar-refractivity contribution in [2.45, 2.75) is 36.8 Å². The minimum absolute atomic E-state index is 0.126. The first-order chi connectivity index (χ1) is 13.6. The molecule has 1 aliphatic heterocycles. The maximum atomic E-state index is 12.9. The molecule has 3 aromatic rings. The highest BCUT2D eigenvalue weighted by molar-refractivity contribution is 8.00.